The average Bonchev–Trinajstić information content (AvgIpc) is 2.82. The minimum Gasteiger partial charge on any atom is -0.478 e. The van der Waals surface area contributed by atoms with E-state index in [9.17, 15) is 4.79 Å². The van der Waals surface area contributed by atoms with Crippen LogP contribution in [0.2, 0.25) is 0 Å². The zero-order valence-electron chi connectivity index (χ0n) is 18.2. The van der Waals surface area contributed by atoms with Gasteiger partial charge in [-0.25, -0.2) is 4.79 Å². The van der Waals surface area contributed by atoms with Crippen LogP contribution in [0.3, 0.4) is 0 Å². The van der Waals surface area contributed by atoms with Gasteiger partial charge < -0.3 is 10.0 Å². The molecule has 0 aliphatic heterocycles. The van der Waals surface area contributed by atoms with Gasteiger partial charge in [-0.05, 0) is 66.9 Å². The number of carboxylic acids is 1. The third kappa shape index (κ3) is 4.47. The second-order valence-electron chi connectivity index (χ2n) is 7.91. The van der Waals surface area contributed by atoms with E-state index in [0.717, 1.165) is 28.2 Å². The first-order valence-electron chi connectivity index (χ1n) is 10.5. The van der Waals surface area contributed by atoms with Gasteiger partial charge >= 0.3 is 5.97 Å². The van der Waals surface area contributed by atoms with Crippen LogP contribution in [0, 0.1) is 13.8 Å². The minimum atomic E-state index is -1.01. The van der Waals surface area contributed by atoms with Gasteiger partial charge in [0.15, 0.2) is 0 Å². The number of benzene rings is 4. The SMILES string of the molecule is C=C(C(=O)O)c1ccc(-c2ccc(N(c3ccc(C)cc3)c3ccc(C)cc3)cc2)cc1. The Balaban J connectivity index is 1.67. The summed E-state index contributed by atoms with van der Waals surface area (Å²) in [6.07, 6.45) is 0. The van der Waals surface area contributed by atoms with Crippen LogP contribution in [0.15, 0.2) is 104 Å². The van der Waals surface area contributed by atoms with Gasteiger partial charge in [0.2, 0.25) is 0 Å². The summed E-state index contributed by atoms with van der Waals surface area (Å²) in [6, 6.07) is 32.9. The molecule has 0 saturated carbocycles. The molecule has 0 aliphatic rings. The molecular weight excluding hydrogens is 394 g/mol. The monoisotopic (exact) mass is 419 g/mol. The molecule has 0 saturated heterocycles. The van der Waals surface area contributed by atoms with E-state index in [1.165, 1.54) is 11.1 Å². The summed E-state index contributed by atoms with van der Waals surface area (Å²) >= 11 is 0. The van der Waals surface area contributed by atoms with E-state index in [1.807, 2.05) is 12.1 Å². The normalized spacial score (nSPS) is 10.6. The molecule has 158 valence electrons. The fourth-order valence-electron chi connectivity index (χ4n) is 3.63. The number of rotatable bonds is 6. The van der Waals surface area contributed by atoms with Crippen molar-refractivity contribution in [3.63, 3.8) is 0 Å². The lowest BCUT2D eigenvalue weighted by Gasteiger charge is -2.26. The van der Waals surface area contributed by atoms with Gasteiger partial charge in [0, 0.05) is 17.1 Å². The summed E-state index contributed by atoms with van der Waals surface area (Å²) in [4.78, 5) is 13.4. The summed E-state index contributed by atoms with van der Waals surface area (Å²) in [5.74, 6) is -1.01. The molecule has 4 aromatic carbocycles. The molecule has 0 bridgehead atoms. The lowest BCUT2D eigenvalue weighted by molar-refractivity contribution is -0.130. The molecule has 0 heterocycles. The molecule has 0 spiro atoms. The molecule has 0 aliphatic carbocycles. The molecule has 32 heavy (non-hydrogen) atoms. The lowest BCUT2D eigenvalue weighted by atomic mass is 10.0. The van der Waals surface area contributed by atoms with E-state index in [4.69, 9.17) is 5.11 Å². The Morgan fingerprint density at radius 3 is 1.34 bits per heavy atom. The Labute approximate surface area is 188 Å². The number of hydrogen-bond acceptors (Lipinski definition) is 2. The summed E-state index contributed by atoms with van der Waals surface area (Å²) in [6.45, 7) is 7.80. The molecule has 0 amide bonds. The quantitative estimate of drug-likeness (QED) is 0.328. The zero-order valence-corrected chi connectivity index (χ0v) is 18.2. The summed E-state index contributed by atoms with van der Waals surface area (Å²) in [5, 5.41) is 9.12. The van der Waals surface area contributed by atoms with Crippen molar-refractivity contribution >= 4 is 28.6 Å². The number of hydrogen-bond donors (Lipinski definition) is 1. The van der Waals surface area contributed by atoms with Gasteiger partial charge in [-0.3, -0.25) is 0 Å². The second-order valence-corrected chi connectivity index (χ2v) is 7.91. The van der Waals surface area contributed by atoms with Crippen molar-refractivity contribution in [3.8, 4) is 11.1 Å². The molecule has 4 rings (SSSR count). The Bertz CT molecular complexity index is 1190. The van der Waals surface area contributed by atoms with E-state index in [2.05, 4.69) is 98.1 Å². The average molecular weight is 420 g/mol. The van der Waals surface area contributed by atoms with Crippen molar-refractivity contribution in [2.24, 2.45) is 0 Å². The first-order chi connectivity index (χ1) is 15.4. The van der Waals surface area contributed by atoms with Crippen LogP contribution in [0.4, 0.5) is 17.1 Å². The molecule has 1 N–H and O–H groups in total. The molecule has 0 unspecified atom stereocenters. The highest BCUT2D eigenvalue weighted by Gasteiger charge is 2.13. The molecular formula is C29H25NO2. The van der Waals surface area contributed by atoms with E-state index in [0.29, 0.717) is 5.56 Å². The predicted molar refractivity (Wildman–Crippen MR) is 133 cm³/mol. The van der Waals surface area contributed by atoms with Gasteiger partial charge in [0.1, 0.15) is 0 Å². The minimum absolute atomic E-state index is 0.0961. The third-order valence-corrected chi connectivity index (χ3v) is 5.53. The van der Waals surface area contributed by atoms with Crippen molar-refractivity contribution in [1.82, 2.24) is 0 Å². The first-order valence-corrected chi connectivity index (χ1v) is 10.5. The molecule has 4 aromatic rings. The third-order valence-electron chi connectivity index (χ3n) is 5.53. The molecule has 0 aromatic heterocycles. The summed E-state index contributed by atoms with van der Waals surface area (Å²) in [5.41, 5.74) is 8.51. The van der Waals surface area contributed by atoms with E-state index < -0.39 is 5.97 Å². The Morgan fingerprint density at radius 1 is 0.625 bits per heavy atom. The van der Waals surface area contributed by atoms with Gasteiger partial charge in [-0.2, -0.15) is 0 Å². The fourth-order valence-corrected chi connectivity index (χ4v) is 3.63. The number of anilines is 3. The largest absolute Gasteiger partial charge is 0.478 e. The van der Waals surface area contributed by atoms with Crippen LogP contribution in [-0.4, -0.2) is 11.1 Å². The number of aliphatic carboxylic acids is 1. The van der Waals surface area contributed by atoms with Crippen molar-refractivity contribution in [1.29, 1.82) is 0 Å². The van der Waals surface area contributed by atoms with Crippen molar-refractivity contribution in [2.45, 2.75) is 13.8 Å². The summed E-state index contributed by atoms with van der Waals surface area (Å²) < 4.78 is 0. The standard InChI is InChI=1S/C29H25NO2/c1-20-4-14-26(15-5-20)30(27-16-6-21(2)7-17-27)28-18-12-25(13-19-28)24-10-8-23(9-11-24)22(3)29(31)32/h4-19H,3H2,1-2H3,(H,31,32). The van der Waals surface area contributed by atoms with Crippen LogP contribution in [-0.2, 0) is 4.79 Å². The van der Waals surface area contributed by atoms with Crippen LogP contribution >= 0.6 is 0 Å². The first kappa shape index (κ1) is 21.1. The maximum Gasteiger partial charge on any atom is 0.335 e. The smallest absolute Gasteiger partial charge is 0.335 e. The molecule has 0 fully saturated rings. The maximum atomic E-state index is 11.1. The van der Waals surface area contributed by atoms with Crippen LogP contribution in [0.5, 0.6) is 0 Å². The second kappa shape index (κ2) is 8.94. The Morgan fingerprint density at radius 2 is 0.969 bits per heavy atom. The van der Waals surface area contributed by atoms with Gasteiger partial charge in [0.05, 0.1) is 5.57 Å². The van der Waals surface area contributed by atoms with Crippen molar-refractivity contribution < 1.29 is 9.90 Å². The highest BCUT2D eigenvalue weighted by molar-refractivity contribution is 6.14. The lowest BCUT2D eigenvalue weighted by Crippen LogP contribution is -2.09. The molecule has 3 nitrogen and oxygen atoms in total. The number of carboxylic acid groups (broad SMARTS) is 1. The Hall–Kier alpha value is -4.11. The zero-order chi connectivity index (χ0) is 22.7. The molecule has 0 radical (unpaired) electrons. The summed E-state index contributed by atoms with van der Waals surface area (Å²) in [7, 11) is 0. The number of carbonyl (C=O) groups is 1. The van der Waals surface area contributed by atoms with Gasteiger partial charge in [-0.1, -0.05) is 78.4 Å². The van der Waals surface area contributed by atoms with E-state index in [1.54, 1.807) is 12.1 Å². The van der Waals surface area contributed by atoms with Crippen LogP contribution in [0.25, 0.3) is 16.7 Å². The Kier molecular flexibility index (Phi) is 5.91. The van der Waals surface area contributed by atoms with Gasteiger partial charge in [0.25, 0.3) is 0 Å². The van der Waals surface area contributed by atoms with E-state index >= 15 is 0 Å². The molecule has 3 heteroatoms. The highest BCUT2D eigenvalue weighted by Crippen LogP contribution is 2.35. The van der Waals surface area contributed by atoms with Crippen molar-refractivity contribution in [2.75, 3.05) is 4.90 Å². The maximum absolute atomic E-state index is 11.1. The van der Waals surface area contributed by atoms with Crippen LogP contribution < -0.4 is 4.90 Å². The van der Waals surface area contributed by atoms with Gasteiger partial charge in [-0.15, -0.1) is 0 Å². The topological polar surface area (TPSA) is 40.5 Å². The van der Waals surface area contributed by atoms with Crippen LogP contribution in [0.1, 0.15) is 16.7 Å². The number of nitrogens with zero attached hydrogens (tertiary/aromatic N) is 1. The van der Waals surface area contributed by atoms with Crippen molar-refractivity contribution in [3.05, 3.63) is 120 Å². The predicted octanol–water partition coefficient (Wildman–Crippen LogP) is 7.54. The molecule has 0 atom stereocenters. The highest BCUT2D eigenvalue weighted by atomic mass is 16.4. The van der Waals surface area contributed by atoms with E-state index in [-0.39, 0.29) is 5.57 Å². The number of aryl methyl sites for hydroxylation is 2. The fraction of sp³-hybridized carbons (Fsp3) is 0.0690.